The van der Waals surface area contributed by atoms with Gasteiger partial charge in [-0.15, -0.1) is 0 Å². The number of hydrogen-bond acceptors (Lipinski definition) is 5. The van der Waals surface area contributed by atoms with Crippen molar-refractivity contribution >= 4 is 17.0 Å². The number of nitrogens with zero attached hydrogens (tertiary/aromatic N) is 5. The zero-order valence-electron chi connectivity index (χ0n) is 16.3. The van der Waals surface area contributed by atoms with Gasteiger partial charge in [0.15, 0.2) is 11.5 Å². The SMILES string of the molecule is c1ccc(Nc2ccc3nc(C4CCN(Cc5cccnc5)CC4)nn3c2)cc1. The van der Waals surface area contributed by atoms with Crippen molar-refractivity contribution in [3.05, 3.63) is 84.6 Å². The van der Waals surface area contributed by atoms with E-state index >= 15 is 0 Å². The third-order valence-electron chi connectivity index (χ3n) is 5.49. The van der Waals surface area contributed by atoms with Gasteiger partial charge < -0.3 is 5.32 Å². The Labute approximate surface area is 170 Å². The highest BCUT2D eigenvalue weighted by Gasteiger charge is 2.24. The molecule has 0 bridgehead atoms. The van der Waals surface area contributed by atoms with Crippen LogP contribution in [0.1, 0.15) is 30.1 Å². The first-order valence-electron chi connectivity index (χ1n) is 10.1. The highest BCUT2D eigenvalue weighted by molar-refractivity contribution is 5.60. The molecule has 3 aromatic heterocycles. The first-order chi connectivity index (χ1) is 14.3. The quantitative estimate of drug-likeness (QED) is 0.557. The number of benzene rings is 1. The van der Waals surface area contributed by atoms with Crippen molar-refractivity contribution in [2.75, 3.05) is 18.4 Å². The summed E-state index contributed by atoms with van der Waals surface area (Å²) in [5.41, 5.74) is 4.24. The Morgan fingerprint density at radius 3 is 2.59 bits per heavy atom. The van der Waals surface area contributed by atoms with E-state index in [0.29, 0.717) is 5.92 Å². The highest BCUT2D eigenvalue weighted by atomic mass is 15.3. The van der Waals surface area contributed by atoms with E-state index in [2.05, 4.69) is 39.5 Å². The summed E-state index contributed by atoms with van der Waals surface area (Å²) in [6.45, 7) is 3.10. The zero-order chi connectivity index (χ0) is 19.5. The van der Waals surface area contributed by atoms with Gasteiger partial charge in [0.2, 0.25) is 0 Å². The number of aromatic nitrogens is 4. The maximum atomic E-state index is 4.79. The summed E-state index contributed by atoms with van der Waals surface area (Å²) >= 11 is 0. The number of anilines is 2. The van der Waals surface area contributed by atoms with Gasteiger partial charge in [-0.05, 0) is 61.8 Å². The minimum Gasteiger partial charge on any atom is -0.354 e. The van der Waals surface area contributed by atoms with Crippen LogP contribution in [0.4, 0.5) is 11.4 Å². The molecule has 1 aliphatic rings. The number of rotatable bonds is 5. The number of pyridine rings is 2. The van der Waals surface area contributed by atoms with Crippen molar-refractivity contribution < 1.29 is 0 Å². The smallest absolute Gasteiger partial charge is 0.155 e. The monoisotopic (exact) mass is 384 g/mol. The van der Waals surface area contributed by atoms with E-state index in [9.17, 15) is 0 Å². The highest BCUT2D eigenvalue weighted by Crippen LogP contribution is 2.27. The summed E-state index contributed by atoms with van der Waals surface area (Å²) in [7, 11) is 0. The van der Waals surface area contributed by atoms with Gasteiger partial charge in [0.05, 0.1) is 11.9 Å². The van der Waals surface area contributed by atoms with Crippen molar-refractivity contribution in [2.45, 2.75) is 25.3 Å². The number of piperidine rings is 1. The summed E-state index contributed by atoms with van der Waals surface area (Å²) in [5, 5.41) is 8.20. The summed E-state index contributed by atoms with van der Waals surface area (Å²) in [5.74, 6) is 1.38. The van der Waals surface area contributed by atoms with Crippen LogP contribution in [0.25, 0.3) is 5.65 Å². The Morgan fingerprint density at radius 1 is 0.931 bits per heavy atom. The molecule has 6 heteroatoms. The van der Waals surface area contributed by atoms with Gasteiger partial charge in [0.25, 0.3) is 0 Å². The summed E-state index contributed by atoms with van der Waals surface area (Å²) in [6, 6.07) is 18.4. The Bertz CT molecular complexity index is 1070. The molecule has 0 radical (unpaired) electrons. The molecule has 146 valence electrons. The number of para-hydroxylation sites is 1. The zero-order valence-corrected chi connectivity index (χ0v) is 16.3. The predicted octanol–water partition coefficient (Wildman–Crippen LogP) is 4.25. The standard InChI is InChI=1S/C23H24N6/c1-2-6-20(7-3-1)25-21-8-9-22-26-23(27-29(22)17-21)19-10-13-28(14-11-19)16-18-5-4-12-24-15-18/h1-9,12,15,17,19,25H,10-11,13-14,16H2. The van der Waals surface area contributed by atoms with Crippen LogP contribution < -0.4 is 5.32 Å². The third-order valence-corrected chi connectivity index (χ3v) is 5.49. The van der Waals surface area contributed by atoms with Gasteiger partial charge in [0.1, 0.15) is 0 Å². The molecule has 1 fully saturated rings. The lowest BCUT2D eigenvalue weighted by atomic mass is 9.96. The molecule has 4 heterocycles. The number of fused-ring (bicyclic) bond motifs is 1. The van der Waals surface area contributed by atoms with Crippen LogP contribution in [0, 0.1) is 0 Å². The maximum Gasteiger partial charge on any atom is 0.155 e. The fourth-order valence-corrected chi connectivity index (χ4v) is 3.93. The first-order valence-corrected chi connectivity index (χ1v) is 10.1. The second-order valence-corrected chi connectivity index (χ2v) is 7.59. The predicted molar refractivity (Wildman–Crippen MR) is 114 cm³/mol. The molecule has 0 unspecified atom stereocenters. The fraction of sp³-hybridized carbons (Fsp3) is 0.261. The molecule has 5 rings (SSSR count). The molecule has 0 spiro atoms. The van der Waals surface area contributed by atoms with Gasteiger partial charge in [-0.25, -0.2) is 9.50 Å². The van der Waals surface area contributed by atoms with Crippen molar-refractivity contribution in [1.82, 2.24) is 24.5 Å². The molecule has 4 aromatic rings. The Morgan fingerprint density at radius 2 is 1.79 bits per heavy atom. The molecule has 1 saturated heterocycles. The molecule has 1 aliphatic heterocycles. The summed E-state index contributed by atoms with van der Waals surface area (Å²) in [4.78, 5) is 11.5. The topological polar surface area (TPSA) is 58.4 Å². The molecule has 1 aromatic carbocycles. The molecule has 0 saturated carbocycles. The third kappa shape index (κ3) is 4.12. The van der Waals surface area contributed by atoms with E-state index in [-0.39, 0.29) is 0 Å². The molecule has 29 heavy (non-hydrogen) atoms. The Kier molecular flexibility index (Phi) is 4.92. The van der Waals surface area contributed by atoms with Gasteiger partial charge in [0, 0.05) is 30.5 Å². The average Bonchev–Trinajstić information content (AvgIpc) is 3.19. The molecular weight excluding hydrogens is 360 g/mol. The van der Waals surface area contributed by atoms with E-state index in [1.54, 1.807) is 0 Å². The van der Waals surface area contributed by atoms with Crippen LogP contribution in [0.3, 0.4) is 0 Å². The van der Waals surface area contributed by atoms with E-state index in [0.717, 1.165) is 55.3 Å². The lowest BCUT2D eigenvalue weighted by molar-refractivity contribution is 0.201. The molecule has 0 amide bonds. The van der Waals surface area contributed by atoms with Crippen LogP contribution in [0.2, 0.25) is 0 Å². The van der Waals surface area contributed by atoms with Crippen LogP contribution >= 0.6 is 0 Å². The van der Waals surface area contributed by atoms with E-state index in [1.807, 2.05) is 53.4 Å². The summed E-state index contributed by atoms with van der Waals surface area (Å²) in [6.07, 6.45) is 7.97. The molecule has 6 nitrogen and oxygen atoms in total. The number of hydrogen-bond donors (Lipinski definition) is 1. The van der Waals surface area contributed by atoms with Crippen molar-refractivity contribution in [3.8, 4) is 0 Å². The van der Waals surface area contributed by atoms with E-state index in [4.69, 9.17) is 10.1 Å². The van der Waals surface area contributed by atoms with Crippen molar-refractivity contribution in [3.63, 3.8) is 0 Å². The Hall–Kier alpha value is -3.25. The van der Waals surface area contributed by atoms with E-state index < -0.39 is 0 Å². The van der Waals surface area contributed by atoms with Gasteiger partial charge in [-0.2, -0.15) is 5.10 Å². The Balaban J connectivity index is 1.25. The average molecular weight is 384 g/mol. The van der Waals surface area contributed by atoms with Crippen molar-refractivity contribution in [2.24, 2.45) is 0 Å². The van der Waals surface area contributed by atoms with E-state index in [1.165, 1.54) is 5.56 Å². The number of nitrogens with one attached hydrogen (secondary N) is 1. The van der Waals surface area contributed by atoms with Crippen LogP contribution in [-0.2, 0) is 6.54 Å². The van der Waals surface area contributed by atoms with Crippen LogP contribution in [0.15, 0.2) is 73.2 Å². The molecule has 0 aliphatic carbocycles. The molecule has 0 atom stereocenters. The fourth-order valence-electron chi connectivity index (χ4n) is 3.93. The molecular formula is C23H24N6. The minimum atomic E-state index is 0.422. The second kappa shape index (κ2) is 8.01. The van der Waals surface area contributed by atoms with Gasteiger partial charge in [-0.3, -0.25) is 9.88 Å². The second-order valence-electron chi connectivity index (χ2n) is 7.59. The maximum absolute atomic E-state index is 4.79. The molecule has 1 N–H and O–H groups in total. The van der Waals surface area contributed by atoms with Gasteiger partial charge in [-0.1, -0.05) is 24.3 Å². The lowest BCUT2D eigenvalue weighted by Crippen LogP contribution is -2.32. The first kappa shape index (κ1) is 17.8. The van der Waals surface area contributed by atoms with Gasteiger partial charge >= 0.3 is 0 Å². The normalized spacial score (nSPS) is 15.6. The van der Waals surface area contributed by atoms with Crippen LogP contribution in [0.5, 0.6) is 0 Å². The summed E-state index contributed by atoms with van der Waals surface area (Å²) < 4.78 is 1.89. The van der Waals surface area contributed by atoms with Crippen LogP contribution in [-0.4, -0.2) is 37.6 Å². The largest absolute Gasteiger partial charge is 0.354 e. The lowest BCUT2D eigenvalue weighted by Gasteiger charge is -2.30. The number of likely N-dealkylation sites (tertiary alicyclic amines) is 1. The minimum absolute atomic E-state index is 0.422. The van der Waals surface area contributed by atoms with Crippen molar-refractivity contribution in [1.29, 1.82) is 0 Å².